The molecule has 0 saturated carbocycles. The summed E-state index contributed by atoms with van der Waals surface area (Å²) in [4.78, 5) is 4.28. The quantitative estimate of drug-likeness (QED) is 0.703. The molecule has 0 aliphatic rings. The fourth-order valence-corrected chi connectivity index (χ4v) is 2.64. The summed E-state index contributed by atoms with van der Waals surface area (Å²) in [6, 6.07) is 11.7. The molecule has 2 N–H and O–H groups in total. The van der Waals surface area contributed by atoms with Crippen LogP contribution < -0.4 is 4.74 Å². The molecule has 0 aliphatic carbocycles. The molecule has 0 fully saturated rings. The highest BCUT2D eigenvalue weighted by Gasteiger charge is 2.10. The molecule has 0 bridgehead atoms. The number of H-pyrrole nitrogens is 1. The standard InChI is InChI=1S/C18H21N3O2/c1-13-18-16(21-20-13)9-5-10-17(18)23-12-15(22)8-4-7-14-6-2-3-11-19-14/h2-3,5-6,9-11,15,22H,4,7-8,12H2,1H3,(H,20,21)/t15-/m0/s1. The molecule has 120 valence electrons. The van der Waals surface area contributed by atoms with Gasteiger partial charge in [-0.3, -0.25) is 10.1 Å². The van der Waals surface area contributed by atoms with Crippen LogP contribution in [0.1, 0.15) is 24.2 Å². The zero-order chi connectivity index (χ0) is 16.1. The van der Waals surface area contributed by atoms with Crippen LogP contribution in [-0.4, -0.2) is 33.0 Å². The van der Waals surface area contributed by atoms with E-state index in [0.717, 1.165) is 40.9 Å². The van der Waals surface area contributed by atoms with Gasteiger partial charge in [-0.05, 0) is 50.5 Å². The molecule has 2 aromatic heterocycles. The Bertz CT molecular complexity index is 755. The Hall–Kier alpha value is -2.40. The zero-order valence-corrected chi connectivity index (χ0v) is 13.2. The lowest BCUT2D eigenvalue weighted by atomic mass is 10.1. The second-order valence-corrected chi connectivity index (χ2v) is 5.68. The summed E-state index contributed by atoms with van der Waals surface area (Å²) < 4.78 is 5.80. The third kappa shape index (κ3) is 3.87. The first-order valence-corrected chi connectivity index (χ1v) is 7.88. The van der Waals surface area contributed by atoms with Crippen molar-refractivity contribution in [3.8, 4) is 5.75 Å². The average Bonchev–Trinajstić information content (AvgIpc) is 2.96. The van der Waals surface area contributed by atoms with Crippen molar-refractivity contribution in [3.05, 3.63) is 54.0 Å². The van der Waals surface area contributed by atoms with Crippen LogP contribution >= 0.6 is 0 Å². The largest absolute Gasteiger partial charge is 0.490 e. The van der Waals surface area contributed by atoms with Crippen LogP contribution in [0.25, 0.3) is 10.9 Å². The van der Waals surface area contributed by atoms with Gasteiger partial charge in [0.05, 0.1) is 17.0 Å². The number of aliphatic hydroxyl groups excluding tert-OH is 1. The number of benzene rings is 1. The molecule has 1 atom stereocenters. The highest BCUT2D eigenvalue weighted by atomic mass is 16.5. The number of hydrogen-bond donors (Lipinski definition) is 2. The number of aromatic amines is 1. The maximum Gasteiger partial charge on any atom is 0.130 e. The Kier molecular flexibility index (Phi) is 4.88. The maximum atomic E-state index is 10.1. The molecular formula is C18H21N3O2. The number of hydrogen-bond acceptors (Lipinski definition) is 4. The van der Waals surface area contributed by atoms with Gasteiger partial charge in [0, 0.05) is 17.6 Å². The number of pyridine rings is 1. The first-order valence-electron chi connectivity index (χ1n) is 7.88. The molecule has 0 saturated heterocycles. The summed E-state index contributed by atoms with van der Waals surface area (Å²) in [6.45, 7) is 2.25. The number of ether oxygens (including phenoxy) is 1. The lowest BCUT2D eigenvalue weighted by Gasteiger charge is -2.13. The van der Waals surface area contributed by atoms with E-state index in [0.29, 0.717) is 6.42 Å². The van der Waals surface area contributed by atoms with Crippen molar-refractivity contribution >= 4 is 10.9 Å². The number of aryl methyl sites for hydroxylation is 2. The van der Waals surface area contributed by atoms with Crippen molar-refractivity contribution in [1.82, 2.24) is 15.2 Å². The summed E-state index contributed by atoms with van der Waals surface area (Å²) in [7, 11) is 0. The number of fused-ring (bicyclic) bond motifs is 1. The Morgan fingerprint density at radius 3 is 2.96 bits per heavy atom. The van der Waals surface area contributed by atoms with E-state index in [1.165, 1.54) is 0 Å². The number of aromatic nitrogens is 3. The molecule has 0 radical (unpaired) electrons. The second kappa shape index (κ2) is 7.24. The summed E-state index contributed by atoms with van der Waals surface area (Å²) in [5, 5.41) is 18.3. The molecule has 5 nitrogen and oxygen atoms in total. The van der Waals surface area contributed by atoms with Crippen molar-refractivity contribution < 1.29 is 9.84 Å². The van der Waals surface area contributed by atoms with Crippen LogP contribution in [0.2, 0.25) is 0 Å². The summed E-state index contributed by atoms with van der Waals surface area (Å²) in [5.74, 6) is 0.762. The molecule has 0 aliphatic heterocycles. The van der Waals surface area contributed by atoms with Crippen molar-refractivity contribution in [2.45, 2.75) is 32.3 Å². The summed E-state index contributed by atoms with van der Waals surface area (Å²) >= 11 is 0. The zero-order valence-electron chi connectivity index (χ0n) is 13.2. The minimum absolute atomic E-state index is 0.284. The lowest BCUT2D eigenvalue weighted by Crippen LogP contribution is -2.17. The van der Waals surface area contributed by atoms with Crippen LogP contribution in [0.15, 0.2) is 42.6 Å². The van der Waals surface area contributed by atoms with E-state index >= 15 is 0 Å². The van der Waals surface area contributed by atoms with E-state index < -0.39 is 6.10 Å². The van der Waals surface area contributed by atoms with Gasteiger partial charge in [-0.1, -0.05) is 12.1 Å². The highest BCUT2D eigenvalue weighted by molar-refractivity contribution is 5.87. The van der Waals surface area contributed by atoms with E-state index in [1.807, 2.05) is 43.3 Å². The van der Waals surface area contributed by atoms with Gasteiger partial charge in [-0.25, -0.2) is 0 Å². The van der Waals surface area contributed by atoms with Crippen LogP contribution in [0, 0.1) is 6.92 Å². The topological polar surface area (TPSA) is 71.0 Å². The van der Waals surface area contributed by atoms with Gasteiger partial charge in [0.2, 0.25) is 0 Å². The lowest BCUT2D eigenvalue weighted by molar-refractivity contribution is 0.0989. The smallest absolute Gasteiger partial charge is 0.130 e. The molecule has 1 aromatic carbocycles. The fraction of sp³-hybridized carbons (Fsp3) is 0.333. The Morgan fingerprint density at radius 2 is 2.13 bits per heavy atom. The van der Waals surface area contributed by atoms with Crippen molar-refractivity contribution in [3.63, 3.8) is 0 Å². The number of nitrogens with one attached hydrogen (secondary N) is 1. The fourth-order valence-electron chi connectivity index (χ4n) is 2.64. The summed E-state index contributed by atoms with van der Waals surface area (Å²) in [5.41, 5.74) is 2.91. The first kappa shape index (κ1) is 15.5. The van der Waals surface area contributed by atoms with Crippen LogP contribution in [0.4, 0.5) is 0 Å². The Labute approximate surface area is 135 Å². The van der Waals surface area contributed by atoms with Crippen molar-refractivity contribution in [1.29, 1.82) is 0 Å². The predicted octanol–water partition coefficient (Wildman–Crippen LogP) is 3.03. The van der Waals surface area contributed by atoms with Gasteiger partial charge >= 0.3 is 0 Å². The van der Waals surface area contributed by atoms with Gasteiger partial charge in [0.25, 0.3) is 0 Å². The van der Waals surface area contributed by atoms with E-state index in [1.54, 1.807) is 6.20 Å². The molecule has 3 aromatic rings. The van der Waals surface area contributed by atoms with Crippen LogP contribution in [0.5, 0.6) is 5.75 Å². The van der Waals surface area contributed by atoms with E-state index in [9.17, 15) is 5.11 Å². The monoisotopic (exact) mass is 311 g/mol. The Morgan fingerprint density at radius 1 is 1.22 bits per heavy atom. The van der Waals surface area contributed by atoms with Gasteiger partial charge in [-0.2, -0.15) is 5.10 Å². The molecule has 0 spiro atoms. The molecule has 5 heteroatoms. The van der Waals surface area contributed by atoms with E-state index in [-0.39, 0.29) is 6.61 Å². The molecule has 23 heavy (non-hydrogen) atoms. The van der Waals surface area contributed by atoms with Crippen LogP contribution in [0.3, 0.4) is 0 Å². The SMILES string of the molecule is Cc1[nH]nc2cccc(OC[C@@H](O)CCCc3ccccn3)c12. The van der Waals surface area contributed by atoms with Crippen molar-refractivity contribution in [2.75, 3.05) is 6.61 Å². The molecule has 3 rings (SSSR count). The normalized spacial score (nSPS) is 12.4. The molecule has 0 unspecified atom stereocenters. The Balaban J connectivity index is 1.50. The van der Waals surface area contributed by atoms with E-state index in [2.05, 4.69) is 15.2 Å². The average molecular weight is 311 g/mol. The van der Waals surface area contributed by atoms with Gasteiger partial charge in [0.1, 0.15) is 12.4 Å². The number of rotatable bonds is 7. The summed E-state index contributed by atoms with van der Waals surface area (Å²) in [6.07, 6.45) is 3.76. The van der Waals surface area contributed by atoms with Gasteiger partial charge in [-0.15, -0.1) is 0 Å². The van der Waals surface area contributed by atoms with Gasteiger partial charge in [0.15, 0.2) is 0 Å². The van der Waals surface area contributed by atoms with Gasteiger partial charge < -0.3 is 9.84 Å². The molecular weight excluding hydrogens is 290 g/mol. The second-order valence-electron chi connectivity index (χ2n) is 5.68. The van der Waals surface area contributed by atoms with Crippen molar-refractivity contribution in [2.24, 2.45) is 0 Å². The number of aliphatic hydroxyl groups is 1. The minimum Gasteiger partial charge on any atom is -0.490 e. The van der Waals surface area contributed by atoms with E-state index in [4.69, 9.17) is 4.74 Å². The predicted molar refractivity (Wildman–Crippen MR) is 89.5 cm³/mol. The highest BCUT2D eigenvalue weighted by Crippen LogP contribution is 2.26. The van der Waals surface area contributed by atoms with Crippen LogP contribution in [-0.2, 0) is 6.42 Å². The third-order valence-electron chi connectivity index (χ3n) is 3.85. The number of nitrogens with zero attached hydrogens (tertiary/aromatic N) is 2. The maximum absolute atomic E-state index is 10.1. The third-order valence-corrected chi connectivity index (χ3v) is 3.85. The first-order chi connectivity index (χ1) is 11.2. The minimum atomic E-state index is -0.485. The molecule has 2 heterocycles. The molecule has 0 amide bonds.